The summed E-state index contributed by atoms with van der Waals surface area (Å²) in [7, 11) is 3.30. The Morgan fingerprint density at radius 1 is 1.07 bits per heavy atom. The van der Waals surface area contributed by atoms with Crippen molar-refractivity contribution in [3.05, 3.63) is 65.4 Å². The molecule has 3 aliphatic rings. The van der Waals surface area contributed by atoms with Gasteiger partial charge in [-0.3, -0.25) is 9.59 Å². The van der Waals surface area contributed by atoms with Gasteiger partial charge < -0.3 is 25.6 Å². The summed E-state index contributed by atoms with van der Waals surface area (Å²) in [6.45, 7) is 4.57. The Hall–Kier alpha value is -4.14. The Labute approximate surface area is 242 Å². The molecule has 0 atom stereocenters. The average molecular weight is 557 g/mol. The lowest BCUT2D eigenvalue weighted by Gasteiger charge is -2.34. The molecule has 1 aromatic heterocycles. The first-order valence-electron chi connectivity index (χ1n) is 14.4. The molecule has 41 heavy (non-hydrogen) atoms. The number of aryl methyl sites for hydroxylation is 2. The molecule has 0 radical (unpaired) electrons. The molecule has 0 unspecified atom stereocenters. The van der Waals surface area contributed by atoms with Crippen molar-refractivity contribution in [2.45, 2.75) is 64.8 Å². The lowest BCUT2D eigenvalue weighted by molar-refractivity contribution is -0.125. The molecule has 0 bridgehead atoms. The van der Waals surface area contributed by atoms with Crippen molar-refractivity contribution in [1.29, 1.82) is 0 Å². The molecule has 2 aromatic carbocycles. The number of hydrogen-bond donors (Lipinski definition) is 2. The van der Waals surface area contributed by atoms with Crippen LogP contribution in [0.2, 0.25) is 0 Å². The van der Waals surface area contributed by atoms with E-state index in [9.17, 15) is 9.59 Å². The van der Waals surface area contributed by atoms with E-state index < -0.39 is 11.3 Å². The van der Waals surface area contributed by atoms with Crippen LogP contribution >= 0.6 is 0 Å². The highest BCUT2D eigenvalue weighted by molar-refractivity contribution is 6.01. The van der Waals surface area contributed by atoms with Crippen LogP contribution in [-0.2, 0) is 17.6 Å². The Morgan fingerprint density at radius 3 is 2.39 bits per heavy atom. The molecule has 3 aromatic rings. The van der Waals surface area contributed by atoms with Crippen LogP contribution in [0.1, 0.15) is 67.4 Å². The topological polar surface area (TPSA) is 114 Å². The third-order valence-corrected chi connectivity index (χ3v) is 8.34. The fraction of sp³-hybridized carbons (Fsp3) is 0.438. The summed E-state index contributed by atoms with van der Waals surface area (Å²) in [6.07, 6.45) is 10.2. The third kappa shape index (κ3) is 5.99. The van der Waals surface area contributed by atoms with E-state index >= 15 is 0 Å². The van der Waals surface area contributed by atoms with Gasteiger partial charge >= 0.3 is 0 Å². The number of hydrogen-bond acceptors (Lipinski definition) is 7. The van der Waals surface area contributed by atoms with E-state index in [1.54, 1.807) is 47.5 Å². The first-order chi connectivity index (χ1) is 19.7. The van der Waals surface area contributed by atoms with Gasteiger partial charge in [-0.05, 0) is 75.3 Å². The molecule has 2 aliphatic carbocycles. The first-order valence-corrected chi connectivity index (χ1v) is 14.4. The zero-order valence-corrected chi connectivity index (χ0v) is 24.4. The van der Waals surface area contributed by atoms with Crippen molar-refractivity contribution < 1.29 is 14.3 Å². The number of nitrogens with zero attached hydrogens (tertiary/aromatic N) is 4. The largest absolute Gasteiger partial charge is 0.495 e. The number of benzene rings is 2. The molecule has 9 nitrogen and oxygen atoms in total. The van der Waals surface area contributed by atoms with Crippen LogP contribution in [0.15, 0.2) is 48.7 Å². The molecule has 1 saturated carbocycles. The highest BCUT2D eigenvalue weighted by Crippen LogP contribution is 2.40. The van der Waals surface area contributed by atoms with Crippen molar-refractivity contribution in [1.82, 2.24) is 9.97 Å². The maximum absolute atomic E-state index is 13.1. The second kappa shape index (κ2) is 11.8. The van der Waals surface area contributed by atoms with Gasteiger partial charge in [0.2, 0.25) is 17.8 Å². The van der Waals surface area contributed by atoms with Crippen LogP contribution in [0.5, 0.6) is 5.75 Å². The molecule has 216 valence electrons. The second-order valence-electron chi connectivity index (χ2n) is 11.7. The standard InChI is InChI=1S/C23H30N6O3.C9H10/c1-23(2)13-29(15-7-5-6-8-15)20-17(28(3)21(23)31)12-25-22(27-20)26-16-10-9-14(19(24)30)11-18(16)32-4;1-2-5-9-7-3-6-8(9)4-1/h9-12,15H,5-8,13H2,1-4H3,(H2,24,30)(H,25,26,27);1-2,4-5H,3,6-7H2. The third-order valence-electron chi connectivity index (χ3n) is 8.34. The molecule has 0 saturated heterocycles. The SMILES string of the molecule is COc1cc(C(N)=O)ccc1Nc1ncc2c(n1)N(C1CCCC1)CC(C)(C)C(=O)N2C.c1ccc2c(c1)CCC2. The number of aromatic nitrogens is 2. The number of methoxy groups -OCH3 is 1. The summed E-state index contributed by atoms with van der Waals surface area (Å²) in [5.74, 6) is 1.12. The quantitative estimate of drug-likeness (QED) is 0.441. The summed E-state index contributed by atoms with van der Waals surface area (Å²) in [5, 5.41) is 3.19. The number of carbonyl (C=O) groups is 2. The van der Waals surface area contributed by atoms with Crippen LogP contribution in [0.4, 0.5) is 23.1 Å². The van der Waals surface area contributed by atoms with Gasteiger partial charge in [0, 0.05) is 25.2 Å². The predicted octanol–water partition coefficient (Wildman–Crippen LogP) is 5.25. The van der Waals surface area contributed by atoms with Crippen LogP contribution in [0, 0.1) is 5.41 Å². The molecule has 1 fully saturated rings. The number of ether oxygens (including phenoxy) is 1. The Morgan fingerprint density at radius 2 is 1.76 bits per heavy atom. The molecule has 3 N–H and O–H groups in total. The minimum Gasteiger partial charge on any atom is -0.495 e. The maximum Gasteiger partial charge on any atom is 0.248 e. The van der Waals surface area contributed by atoms with Crippen LogP contribution in [0.3, 0.4) is 0 Å². The van der Waals surface area contributed by atoms with E-state index in [1.807, 2.05) is 13.8 Å². The van der Waals surface area contributed by atoms with Gasteiger partial charge in [-0.15, -0.1) is 0 Å². The molecule has 1 aliphatic heterocycles. The second-order valence-corrected chi connectivity index (χ2v) is 11.7. The van der Waals surface area contributed by atoms with E-state index in [0.29, 0.717) is 41.2 Å². The normalized spacial score (nSPS) is 17.7. The van der Waals surface area contributed by atoms with E-state index in [4.69, 9.17) is 15.5 Å². The first kappa shape index (κ1) is 28.4. The van der Waals surface area contributed by atoms with Crippen molar-refractivity contribution in [3.63, 3.8) is 0 Å². The Bertz CT molecular complexity index is 1410. The van der Waals surface area contributed by atoms with Crippen LogP contribution in [-0.4, -0.2) is 48.5 Å². The molecule has 0 spiro atoms. The molecule has 6 rings (SSSR count). The molecule has 2 amide bonds. The summed E-state index contributed by atoms with van der Waals surface area (Å²) >= 11 is 0. The lowest BCUT2D eigenvalue weighted by atomic mass is 9.91. The highest BCUT2D eigenvalue weighted by atomic mass is 16.5. The number of rotatable bonds is 5. The summed E-state index contributed by atoms with van der Waals surface area (Å²) in [5.41, 5.74) is 9.64. The Kier molecular flexibility index (Phi) is 8.15. The van der Waals surface area contributed by atoms with Gasteiger partial charge in [-0.2, -0.15) is 4.98 Å². The van der Waals surface area contributed by atoms with Crippen LogP contribution in [0.25, 0.3) is 0 Å². The highest BCUT2D eigenvalue weighted by Gasteiger charge is 2.41. The number of fused-ring (bicyclic) bond motifs is 2. The number of primary amides is 1. The summed E-state index contributed by atoms with van der Waals surface area (Å²) < 4.78 is 5.41. The van der Waals surface area contributed by atoms with Crippen molar-refractivity contribution in [2.24, 2.45) is 11.1 Å². The number of nitrogens with two attached hydrogens (primary N) is 1. The van der Waals surface area contributed by atoms with Crippen molar-refractivity contribution in [3.8, 4) is 5.75 Å². The zero-order valence-electron chi connectivity index (χ0n) is 24.4. The molecule has 2 heterocycles. The number of anilines is 4. The van der Waals surface area contributed by atoms with Gasteiger partial charge in [0.05, 0.1) is 24.4 Å². The van der Waals surface area contributed by atoms with Gasteiger partial charge in [0.15, 0.2) is 5.82 Å². The van der Waals surface area contributed by atoms with Gasteiger partial charge in [-0.1, -0.05) is 37.1 Å². The fourth-order valence-electron chi connectivity index (χ4n) is 6.11. The predicted molar refractivity (Wildman–Crippen MR) is 162 cm³/mol. The van der Waals surface area contributed by atoms with Gasteiger partial charge in [0.1, 0.15) is 11.4 Å². The summed E-state index contributed by atoms with van der Waals surface area (Å²) in [6, 6.07) is 14.0. The monoisotopic (exact) mass is 556 g/mol. The summed E-state index contributed by atoms with van der Waals surface area (Å²) in [4.78, 5) is 37.8. The Balaban J connectivity index is 0.000000315. The van der Waals surface area contributed by atoms with Gasteiger partial charge in [-0.25, -0.2) is 4.98 Å². The fourth-order valence-corrected chi connectivity index (χ4v) is 6.11. The van der Waals surface area contributed by atoms with Crippen molar-refractivity contribution >= 4 is 35.0 Å². The number of carbonyl (C=O) groups excluding carboxylic acids is 2. The van der Waals surface area contributed by atoms with E-state index in [2.05, 4.69) is 39.5 Å². The van der Waals surface area contributed by atoms with Gasteiger partial charge in [0.25, 0.3) is 0 Å². The molecular formula is C32H40N6O3. The van der Waals surface area contributed by atoms with E-state index in [0.717, 1.165) is 18.7 Å². The minimum absolute atomic E-state index is 0.0484. The molecular weight excluding hydrogens is 516 g/mol. The number of nitrogens with one attached hydrogen (secondary N) is 1. The number of amides is 2. The zero-order chi connectivity index (χ0) is 29.1. The van der Waals surface area contributed by atoms with E-state index in [1.165, 1.54) is 39.2 Å². The molecule has 9 heteroatoms. The minimum atomic E-state index is -0.542. The van der Waals surface area contributed by atoms with Crippen molar-refractivity contribution in [2.75, 3.05) is 35.8 Å². The maximum atomic E-state index is 13.1. The average Bonchev–Trinajstić information content (AvgIpc) is 3.67. The smallest absolute Gasteiger partial charge is 0.248 e. The lowest BCUT2D eigenvalue weighted by Crippen LogP contribution is -2.45. The van der Waals surface area contributed by atoms with E-state index in [-0.39, 0.29) is 5.91 Å². The van der Waals surface area contributed by atoms with Crippen LogP contribution < -0.4 is 25.6 Å².